The van der Waals surface area contributed by atoms with Gasteiger partial charge < -0.3 is 14.0 Å². The van der Waals surface area contributed by atoms with E-state index >= 15 is 0 Å². The third kappa shape index (κ3) is 2.78. The van der Waals surface area contributed by atoms with Crippen molar-refractivity contribution in [3.63, 3.8) is 0 Å². The second-order valence-electron chi connectivity index (χ2n) is 5.53. The number of likely N-dealkylation sites (tertiary alicyclic amines) is 1. The number of imidazole rings is 1. The molecule has 0 spiro atoms. The third-order valence-corrected chi connectivity index (χ3v) is 4.28. The lowest BCUT2D eigenvalue weighted by molar-refractivity contribution is 0.0600. The van der Waals surface area contributed by atoms with Gasteiger partial charge in [0.05, 0.1) is 18.4 Å². The first-order chi connectivity index (χ1) is 10.2. The summed E-state index contributed by atoms with van der Waals surface area (Å²) >= 11 is 0. The second-order valence-corrected chi connectivity index (χ2v) is 5.53. The van der Waals surface area contributed by atoms with Crippen LogP contribution in [0.3, 0.4) is 0 Å². The van der Waals surface area contributed by atoms with Crippen molar-refractivity contribution in [2.75, 3.05) is 20.2 Å². The lowest BCUT2D eigenvalue weighted by Crippen LogP contribution is -2.30. The number of carbonyl (C=O) groups is 1. The number of likely N-dealkylation sites (N-methyl/N-ethyl adjacent to an activating group) is 1. The van der Waals surface area contributed by atoms with Crippen molar-refractivity contribution >= 4 is 11.6 Å². The zero-order valence-corrected chi connectivity index (χ0v) is 12.6. The van der Waals surface area contributed by atoms with Gasteiger partial charge in [-0.15, -0.1) is 0 Å². The summed E-state index contributed by atoms with van der Waals surface area (Å²) in [4.78, 5) is 18.7. The molecule has 1 atom stereocenters. The Bertz CT molecular complexity index is 650. The fourth-order valence-corrected chi connectivity index (χ4v) is 3.16. The number of methoxy groups -OCH3 is 1. The molecule has 5 heteroatoms. The van der Waals surface area contributed by atoms with Crippen molar-refractivity contribution < 1.29 is 9.53 Å². The van der Waals surface area contributed by atoms with Crippen LogP contribution in [-0.2, 0) is 11.2 Å². The standard InChI is InChI=1S/C16H21N3O2/c1-3-18-7-4-5-14(18)10-13-11-19-8-6-12(16(20)21-2)9-15(19)17-13/h6,8-9,11,14H,3-5,7,10H2,1-2H3. The number of ether oxygens (including phenoxy) is 1. The van der Waals surface area contributed by atoms with E-state index < -0.39 is 0 Å². The Morgan fingerprint density at radius 1 is 1.52 bits per heavy atom. The van der Waals surface area contributed by atoms with Crippen LogP contribution in [0.5, 0.6) is 0 Å². The first kappa shape index (κ1) is 14.1. The van der Waals surface area contributed by atoms with E-state index in [1.807, 2.05) is 10.6 Å². The molecule has 0 aliphatic carbocycles. The largest absolute Gasteiger partial charge is 0.465 e. The molecule has 0 radical (unpaired) electrons. The van der Waals surface area contributed by atoms with Crippen LogP contribution in [0.15, 0.2) is 24.5 Å². The van der Waals surface area contributed by atoms with Crippen LogP contribution in [0.1, 0.15) is 35.8 Å². The molecule has 112 valence electrons. The summed E-state index contributed by atoms with van der Waals surface area (Å²) in [6.07, 6.45) is 7.42. The number of aromatic nitrogens is 2. The van der Waals surface area contributed by atoms with Gasteiger partial charge in [-0.1, -0.05) is 6.92 Å². The van der Waals surface area contributed by atoms with E-state index in [-0.39, 0.29) is 5.97 Å². The van der Waals surface area contributed by atoms with Gasteiger partial charge in [0.25, 0.3) is 0 Å². The van der Waals surface area contributed by atoms with Crippen molar-refractivity contribution in [2.45, 2.75) is 32.2 Å². The summed E-state index contributed by atoms with van der Waals surface area (Å²) < 4.78 is 6.71. The van der Waals surface area contributed by atoms with Crippen LogP contribution in [-0.4, -0.2) is 46.5 Å². The summed E-state index contributed by atoms with van der Waals surface area (Å²) in [5.41, 5.74) is 2.43. The normalized spacial score (nSPS) is 19.2. The van der Waals surface area contributed by atoms with Crippen LogP contribution in [0.25, 0.3) is 5.65 Å². The Morgan fingerprint density at radius 2 is 2.38 bits per heavy atom. The van der Waals surface area contributed by atoms with E-state index in [2.05, 4.69) is 23.0 Å². The van der Waals surface area contributed by atoms with Gasteiger partial charge in [-0.25, -0.2) is 9.78 Å². The van der Waals surface area contributed by atoms with E-state index in [1.54, 1.807) is 12.1 Å². The van der Waals surface area contributed by atoms with Gasteiger partial charge in [0, 0.05) is 24.9 Å². The Labute approximate surface area is 124 Å². The predicted octanol–water partition coefficient (Wildman–Crippen LogP) is 2.15. The molecule has 1 aliphatic rings. The van der Waals surface area contributed by atoms with Crippen molar-refractivity contribution in [2.24, 2.45) is 0 Å². The highest BCUT2D eigenvalue weighted by atomic mass is 16.5. The number of fused-ring (bicyclic) bond motifs is 1. The molecule has 1 saturated heterocycles. The maximum Gasteiger partial charge on any atom is 0.338 e. The van der Waals surface area contributed by atoms with E-state index in [0.717, 1.165) is 24.3 Å². The average molecular weight is 287 g/mol. The monoisotopic (exact) mass is 287 g/mol. The number of carbonyl (C=O) groups excluding carboxylic acids is 1. The van der Waals surface area contributed by atoms with E-state index in [1.165, 1.54) is 26.5 Å². The molecule has 3 rings (SSSR count). The lowest BCUT2D eigenvalue weighted by Gasteiger charge is -2.21. The molecule has 0 bridgehead atoms. The zero-order chi connectivity index (χ0) is 14.8. The van der Waals surface area contributed by atoms with Crippen LogP contribution >= 0.6 is 0 Å². The molecular formula is C16H21N3O2. The van der Waals surface area contributed by atoms with Gasteiger partial charge in [0.1, 0.15) is 5.65 Å². The molecule has 0 amide bonds. The van der Waals surface area contributed by atoms with Crippen LogP contribution in [0.2, 0.25) is 0 Å². The lowest BCUT2D eigenvalue weighted by atomic mass is 10.1. The minimum Gasteiger partial charge on any atom is -0.465 e. The van der Waals surface area contributed by atoms with Crippen LogP contribution < -0.4 is 0 Å². The molecule has 1 unspecified atom stereocenters. The smallest absolute Gasteiger partial charge is 0.338 e. The average Bonchev–Trinajstić information content (AvgIpc) is 3.11. The zero-order valence-electron chi connectivity index (χ0n) is 12.6. The van der Waals surface area contributed by atoms with Crippen LogP contribution in [0, 0.1) is 0 Å². The highest BCUT2D eigenvalue weighted by Crippen LogP contribution is 2.21. The topological polar surface area (TPSA) is 46.8 Å². The maximum absolute atomic E-state index is 11.6. The van der Waals surface area contributed by atoms with Gasteiger partial charge in [-0.3, -0.25) is 0 Å². The van der Waals surface area contributed by atoms with Crippen molar-refractivity contribution in [1.82, 2.24) is 14.3 Å². The fraction of sp³-hybridized carbons (Fsp3) is 0.500. The van der Waals surface area contributed by atoms with E-state index in [9.17, 15) is 4.79 Å². The minimum absolute atomic E-state index is 0.324. The Balaban J connectivity index is 1.82. The summed E-state index contributed by atoms with van der Waals surface area (Å²) in [5, 5.41) is 0. The first-order valence-electron chi connectivity index (χ1n) is 7.51. The van der Waals surface area contributed by atoms with Crippen molar-refractivity contribution in [1.29, 1.82) is 0 Å². The van der Waals surface area contributed by atoms with Gasteiger partial charge in [0.2, 0.25) is 0 Å². The molecule has 0 N–H and O–H groups in total. The molecule has 21 heavy (non-hydrogen) atoms. The van der Waals surface area contributed by atoms with Crippen LogP contribution in [0.4, 0.5) is 0 Å². The summed E-state index contributed by atoms with van der Waals surface area (Å²) in [7, 11) is 1.39. The summed E-state index contributed by atoms with van der Waals surface area (Å²) in [5.74, 6) is -0.324. The third-order valence-electron chi connectivity index (χ3n) is 4.28. The molecule has 0 saturated carbocycles. The van der Waals surface area contributed by atoms with Crippen molar-refractivity contribution in [3.8, 4) is 0 Å². The minimum atomic E-state index is -0.324. The summed E-state index contributed by atoms with van der Waals surface area (Å²) in [6, 6.07) is 4.14. The van der Waals surface area contributed by atoms with E-state index in [4.69, 9.17) is 4.74 Å². The predicted molar refractivity (Wildman–Crippen MR) is 80.5 cm³/mol. The van der Waals surface area contributed by atoms with E-state index in [0.29, 0.717) is 11.6 Å². The number of pyridine rings is 1. The fourth-order valence-electron chi connectivity index (χ4n) is 3.16. The number of nitrogens with zero attached hydrogens (tertiary/aromatic N) is 3. The Hall–Kier alpha value is -1.88. The maximum atomic E-state index is 11.6. The van der Waals surface area contributed by atoms with Gasteiger partial charge >= 0.3 is 5.97 Å². The number of esters is 1. The first-order valence-corrected chi connectivity index (χ1v) is 7.51. The Kier molecular flexibility index (Phi) is 3.92. The Morgan fingerprint density at radius 3 is 3.14 bits per heavy atom. The van der Waals surface area contributed by atoms with Crippen molar-refractivity contribution in [3.05, 3.63) is 35.8 Å². The highest BCUT2D eigenvalue weighted by molar-refractivity contribution is 5.90. The highest BCUT2D eigenvalue weighted by Gasteiger charge is 2.24. The second kappa shape index (κ2) is 5.85. The SMILES string of the molecule is CCN1CCCC1Cc1cn2ccc(C(=O)OC)cc2n1. The van der Waals surface area contributed by atoms with Gasteiger partial charge in [-0.05, 0) is 38.1 Å². The molecule has 1 fully saturated rings. The van der Waals surface area contributed by atoms with Gasteiger partial charge in [-0.2, -0.15) is 0 Å². The number of hydrogen-bond donors (Lipinski definition) is 0. The molecule has 1 aliphatic heterocycles. The molecule has 3 heterocycles. The molecule has 2 aromatic rings. The quantitative estimate of drug-likeness (QED) is 0.808. The summed E-state index contributed by atoms with van der Waals surface area (Å²) in [6.45, 7) is 4.51. The molecular weight excluding hydrogens is 266 g/mol. The number of hydrogen-bond acceptors (Lipinski definition) is 4. The van der Waals surface area contributed by atoms with Gasteiger partial charge in [0.15, 0.2) is 0 Å². The molecule has 5 nitrogen and oxygen atoms in total. The molecule has 0 aromatic carbocycles. The molecule has 2 aromatic heterocycles. The number of rotatable bonds is 4.